The number of nitriles is 1. The number of hydrogen-bond acceptors (Lipinski definition) is 5. The number of carbonyl (C=O) groups is 1. The smallest absolute Gasteiger partial charge is 0.187 e. The van der Waals surface area contributed by atoms with E-state index in [2.05, 4.69) is 11.1 Å². The van der Waals surface area contributed by atoms with Crippen LogP contribution in [0.5, 0.6) is 0 Å². The van der Waals surface area contributed by atoms with E-state index in [9.17, 15) is 10.1 Å². The molecule has 0 amide bonds. The number of aromatic nitrogens is 1. The molecule has 0 spiro atoms. The molecule has 0 saturated heterocycles. The van der Waals surface area contributed by atoms with Crippen LogP contribution in [-0.2, 0) is 0 Å². The van der Waals surface area contributed by atoms with Gasteiger partial charge in [-0.05, 0) is 19.1 Å². The van der Waals surface area contributed by atoms with Crippen molar-refractivity contribution in [1.82, 2.24) is 4.98 Å². The SMILES string of the molecule is Cc1csc([C@H](C#N)C(=O)c2cccc(N(C)C)c2)n1. The highest BCUT2D eigenvalue weighted by Crippen LogP contribution is 2.25. The lowest BCUT2D eigenvalue weighted by atomic mass is 9.99. The molecule has 0 aliphatic rings. The van der Waals surface area contributed by atoms with Crippen LogP contribution in [0.25, 0.3) is 0 Å². The molecule has 0 N–H and O–H groups in total. The van der Waals surface area contributed by atoms with E-state index in [-0.39, 0.29) is 5.78 Å². The summed E-state index contributed by atoms with van der Waals surface area (Å²) in [5, 5.41) is 11.7. The fourth-order valence-corrected chi connectivity index (χ4v) is 2.67. The highest BCUT2D eigenvalue weighted by atomic mass is 32.1. The van der Waals surface area contributed by atoms with Gasteiger partial charge in [0, 0.05) is 36.4 Å². The molecule has 0 aliphatic heterocycles. The number of nitrogens with zero attached hydrogens (tertiary/aromatic N) is 3. The number of aryl methyl sites for hydroxylation is 1. The lowest BCUT2D eigenvalue weighted by Crippen LogP contribution is -2.13. The molecule has 0 radical (unpaired) electrons. The van der Waals surface area contributed by atoms with Gasteiger partial charge in [0.2, 0.25) is 0 Å². The summed E-state index contributed by atoms with van der Waals surface area (Å²) >= 11 is 1.35. The van der Waals surface area contributed by atoms with Crippen LogP contribution in [0.15, 0.2) is 29.6 Å². The fourth-order valence-electron chi connectivity index (χ4n) is 1.83. The maximum absolute atomic E-state index is 12.5. The van der Waals surface area contributed by atoms with E-state index in [4.69, 9.17) is 0 Å². The first-order valence-electron chi connectivity index (χ1n) is 6.16. The Balaban J connectivity index is 2.34. The average Bonchev–Trinajstić information content (AvgIpc) is 2.86. The highest BCUT2D eigenvalue weighted by Gasteiger charge is 2.24. The standard InChI is InChI=1S/C15H15N3OS/c1-10-9-20-15(17-10)13(8-16)14(19)11-5-4-6-12(7-11)18(2)3/h4-7,9,13H,1-3H3/t13-/m1/s1. The summed E-state index contributed by atoms with van der Waals surface area (Å²) in [6.07, 6.45) is 0. The van der Waals surface area contributed by atoms with E-state index in [1.165, 1.54) is 11.3 Å². The van der Waals surface area contributed by atoms with Crippen LogP contribution >= 0.6 is 11.3 Å². The monoisotopic (exact) mass is 285 g/mol. The molecule has 1 aromatic heterocycles. The second-order valence-corrected chi connectivity index (χ2v) is 5.59. The number of hydrogen-bond donors (Lipinski definition) is 0. The zero-order valence-corrected chi connectivity index (χ0v) is 12.4. The van der Waals surface area contributed by atoms with Gasteiger partial charge in [-0.1, -0.05) is 12.1 Å². The maximum Gasteiger partial charge on any atom is 0.187 e. The van der Waals surface area contributed by atoms with Gasteiger partial charge in [-0.2, -0.15) is 5.26 Å². The Kier molecular flexibility index (Phi) is 4.16. The van der Waals surface area contributed by atoms with Crippen molar-refractivity contribution in [2.45, 2.75) is 12.8 Å². The van der Waals surface area contributed by atoms with E-state index in [1.807, 2.05) is 43.4 Å². The molecule has 2 rings (SSSR count). The van der Waals surface area contributed by atoms with Crippen molar-refractivity contribution >= 4 is 22.8 Å². The first-order valence-corrected chi connectivity index (χ1v) is 7.04. The van der Waals surface area contributed by atoms with Crippen LogP contribution in [0.4, 0.5) is 5.69 Å². The first-order chi connectivity index (χ1) is 9.52. The van der Waals surface area contributed by atoms with Gasteiger partial charge in [0.15, 0.2) is 11.7 Å². The summed E-state index contributed by atoms with van der Waals surface area (Å²) in [6, 6.07) is 9.34. The Bertz CT molecular complexity index is 670. The summed E-state index contributed by atoms with van der Waals surface area (Å²) < 4.78 is 0. The van der Waals surface area contributed by atoms with Gasteiger partial charge in [0.25, 0.3) is 0 Å². The average molecular weight is 285 g/mol. The Labute approximate surface area is 122 Å². The highest BCUT2D eigenvalue weighted by molar-refractivity contribution is 7.10. The normalized spacial score (nSPS) is 11.7. The topological polar surface area (TPSA) is 57.0 Å². The summed E-state index contributed by atoms with van der Waals surface area (Å²) in [5.74, 6) is -1.03. The van der Waals surface area contributed by atoms with Gasteiger partial charge < -0.3 is 4.90 Å². The fraction of sp³-hybridized carbons (Fsp3) is 0.267. The maximum atomic E-state index is 12.5. The minimum atomic E-state index is -0.828. The number of ketones is 1. The van der Waals surface area contributed by atoms with Gasteiger partial charge >= 0.3 is 0 Å². The predicted molar refractivity (Wildman–Crippen MR) is 80.3 cm³/mol. The molecular formula is C15H15N3OS. The number of carbonyl (C=O) groups excluding carboxylic acids is 1. The summed E-state index contributed by atoms with van der Waals surface area (Å²) in [6.45, 7) is 1.85. The Hall–Kier alpha value is -2.19. The van der Waals surface area contributed by atoms with Crippen molar-refractivity contribution in [3.8, 4) is 6.07 Å². The zero-order valence-electron chi connectivity index (χ0n) is 11.6. The molecule has 2 aromatic rings. The van der Waals surface area contributed by atoms with Gasteiger partial charge in [-0.25, -0.2) is 4.98 Å². The largest absolute Gasteiger partial charge is 0.378 e. The van der Waals surface area contributed by atoms with Crippen molar-refractivity contribution in [3.63, 3.8) is 0 Å². The zero-order chi connectivity index (χ0) is 14.7. The molecule has 1 aromatic carbocycles. The van der Waals surface area contributed by atoms with Crippen LogP contribution in [0, 0.1) is 18.3 Å². The van der Waals surface area contributed by atoms with Crippen molar-refractivity contribution < 1.29 is 4.79 Å². The van der Waals surface area contributed by atoms with E-state index >= 15 is 0 Å². The van der Waals surface area contributed by atoms with Crippen molar-refractivity contribution in [3.05, 3.63) is 45.9 Å². The molecule has 0 aliphatic carbocycles. The van der Waals surface area contributed by atoms with Crippen LogP contribution in [0.1, 0.15) is 27.0 Å². The minimum Gasteiger partial charge on any atom is -0.378 e. The van der Waals surface area contributed by atoms with Gasteiger partial charge in [-0.15, -0.1) is 11.3 Å². The van der Waals surface area contributed by atoms with Crippen molar-refractivity contribution in [2.75, 3.05) is 19.0 Å². The summed E-state index contributed by atoms with van der Waals surface area (Å²) in [7, 11) is 3.82. The van der Waals surface area contributed by atoms with Gasteiger partial charge in [0.1, 0.15) is 5.01 Å². The number of benzene rings is 1. The van der Waals surface area contributed by atoms with E-state index in [0.29, 0.717) is 10.6 Å². The van der Waals surface area contributed by atoms with Gasteiger partial charge in [0.05, 0.1) is 6.07 Å². The molecule has 102 valence electrons. The van der Waals surface area contributed by atoms with Crippen molar-refractivity contribution in [2.24, 2.45) is 0 Å². The number of anilines is 1. The van der Waals surface area contributed by atoms with E-state index in [0.717, 1.165) is 11.4 Å². The van der Waals surface area contributed by atoms with Crippen LogP contribution in [-0.4, -0.2) is 24.9 Å². The predicted octanol–water partition coefficient (Wildman–Crippen LogP) is 3.01. The second kappa shape index (κ2) is 5.85. The first kappa shape index (κ1) is 14.2. The third kappa shape index (κ3) is 2.86. The Morgan fingerprint density at radius 2 is 2.20 bits per heavy atom. The number of thiazole rings is 1. The third-order valence-corrected chi connectivity index (χ3v) is 3.95. The molecular weight excluding hydrogens is 270 g/mol. The van der Waals surface area contributed by atoms with Gasteiger partial charge in [-0.3, -0.25) is 4.79 Å². The van der Waals surface area contributed by atoms with Crippen LogP contribution < -0.4 is 4.90 Å². The lowest BCUT2D eigenvalue weighted by molar-refractivity contribution is 0.0979. The Morgan fingerprint density at radius 1 is 1.45 bits per heavy atom. The summed E-state index contributed by atoms with van der Waals surface area (Å²) in [4.78, 5) is 18.7. The summed E-state index contributed by atoms with van der Waals surface area (Å²) in [5.41, 5.74) is 2.30. The van der Waals surface area contributed by atoms with Crippen molar-refractivity contribution in [1.29, 1.82) is 5.26 Å². The number of Topliss-reactive ketones (excluding diaryl/α,β-unsaturated/α-hetero) is 1. The molecule has 5 heteroatoms. The second-order valence-electron chi connectivity index (χ2n) is 4.70. The molecule has 1 atom stereocenters. The lowest BCUT2D eigenvalue weighted by Gasteiger charge is -2.13. The molecule has 0 saturated carbocycles. The molecule has 4 nitrogen and oxygen atoms in total. The molecule has 20 heavy (non-hydrogen) atoms. The minimum absolute atomic E-state index is 0.203. The molecule has 0 fully saturated rings. The third-order valence-electron chi connectivity index (χ3n) is 2.92. The van der Waals surface area contributed by atoms with Crippen LogP contribution in [0.2, 0.25) is 0 Å². The van der Waals surface area contributed by atoms with E-state index < -0.39 is 5.92 Å². The molecule has 1 heterocycles. The number of rotatable bonds is 4. The van der Waals surface area contributed by atoms with Crippen LogP contribution in [0.3, 0.4) is 0 Å². The van der Waals surface area contributed by atoms with E-state index in [1.54, 1.807) is 12.1 Å². The molecule has 0 unspecified atom stereocenters. The quantitative estimate of drug-likeness (QED) is 0.810. The Morgan fingerprint density at radius 3 is 2.75 bits per heavy atom. The molecule has 0 bridgehead atoms.